The third-order valence-electron chi connectivity index (χ3n) is 5.39. The zero-order valence-corrected chi connectivity index (χ0v) is 16.1. The third-order valence-corrected chi connectivity index (χ3v) is 5.39. The minimum absolute atomic E-state index is 0.105. The van der Waals surface area contributed by atoms with Crippen molar-refractivity contribution in [3.63, 3.8) is 0 Å². The highest BCUT2D eigenvalue weighted by Gasteiger charge is 2.29. The Balaban J connectivity index is 1.59. The molecule has 0 radical (unpaired) electrons. The predicted octanol–water partition coefficient (Wildman–Crippen LogP) is 4.60. The normalized spacial score (nSPS) is 17.6. The predicted molar refractivity (Wildman–Crippen MR) is 110 cm³/mol. The number of amides is 1. The van der Waals surface area contributed by atoms with Crippen LogP contribution in [0, 0.1) is 0 Å². The van der Waals surface area contributed by atoms with Gasteiger partial charge in [-0.2, -0.15) is 0 Å². The first kappa shape index (κ1) is 17.8. The van der Waals surface area contributed by atoms with Crippen molar-refractivity contribution < 1.29 is 4.79 Å². The zero-order chi connectivity index (χ0) is 18.8. The molecular formula is C23H27N3O. The van der Waals surface area contributed by atoms with E-state index < -0.39 is 0 Å². The molecule has 2 aromatic carbocycles. The van der Waals surface area contributed by atoms with Crippen LogP contribution in [0.1, 0.15) is 46.9 Å². The van der Waals surface area contributed by atoms with Crippen LogP contribution in [-0.2, 0) is 6.54 Å². The number of aromatic amines is 1. The number of benzene rings is 2. The number of carbonyl (C=O) groups excluding carboxylic acids is 1. The Morgan fingerprint density at radius 2 is 1.89 bits per heavy atom. The van der Waals surface area contributed by atoms with E-state index in [1.54, 1.807) is 0 Å². The maximum absolute atomic E-state index is 13.3. The third kappa shape index (κ3) is 3.76. The summed E-state index contributed by atoms with van der Waals surface area (Å²) in [5, 5.41) is 1.09. The number of nitrogens with zero attached hydrogens (tertiary/aromatic N) is 2. The maximum Gasteiger partial charge on any atom is 0.270 e. The highest BCUT2D eigenvalue weighted by atomic mass is 16.2. The van der Waals surface area contributed by atoms with Crippen LogP contribution in [-0.4, -0.2) is 41.3 Å². The van der Waals surface area contributed by atoms with Crippen LogP contribution in [0.4, 0.5) is 0 Å². The van der Waals surface area contributed by atoms with E-state index in [2.05, 4.69) is 53.1 Å². The molecule has 1 aromatic heterocycles. The lowest BCUT2D eigenvalue weighted by molar-refractivity contribution is 0.0606. The molecule has 4 rings (SSSR count). The first-order valence-electron chi connectivity index (χ1n) is 9.74. The van der Waals surface area contributed by atoms with E-state index >= 15 is 0 Å². The van der Waals surface area contributed by atoms with Crippen molar-refractivity contribution in [3.8, 4) is 0 Å². The molecule has 0 saturated carbocycles. The number of piperidine rings is 1. The summed E-state index contributed by atoms with van der Waals surface area (Å²) in [6.07, 6.45) is 3.26. The van der Waals surface area contributed by atoms with Crippen molar-refractivity contribution in [2.45, 2.75) is 31.8 Å². The molecule has 0 aliphatic carbocycles. The Morgan fingerprint density at radius 3 is 2.63 bits per heavy atom. The number of carbonyl (C=O) groups is 1. The van der Waals surface area contributed by atoms with Crippen LogP contribution in [0.25, 0.3) is 10.9 Å². The summed E-state index contributed by atoms with van der Waals surface area (Å²) in [6, 6.07) is 19.0. The number of H-pyrrole nitrogens is 1. The average Bonchev–Trinajstić information content (AvgIpc) is 3.12. The number of aromatic nitrogens is 1. The Bertz CT molecular complexity index is 893. The van der Waals surface area contributed by atoms with Gasteiger partial charge in [0, 0.05) is 24.0 Å². The molecule has 0 bridgehead atoms. The van der Waals surface area contributed by atoms with E-state index in [0.29, 0.717) is 5.69 Å². The number of nitrogens with one attached hydrogen (secondary N) is 1. The standard InChI is InChI=1S/C23H27N3O/c1-25(2)16-17-10-12-18(13-11-17)22-9-5-6-14-26(22)23(27)21-15-19-7-3-4-8-20(19)24-21/h3-4,7-8,10-13,15,22,24H,5-6,9,14,16H2,1-2H3. The summed E-state index contributed by atoms with van der Waals surface area (Å²) >= 11 is 0. The molecule has 4 nitrogen and oxygen atoms in total. The van der Waals surface area contributed by atoms with Gasteiger partial charge in [0.15, 0.2) is 0 Å². The lowest BCUT2D eigenvalue weighted by Crippen LogP contribution is -2.38. The van der Waals surface area contributed by atoms with Gasteiger partial charge in [-0.05, 0) is 56.6 Å². The molecule has 1 aliphatic rings. The van der Waals surface area contributed by atoms with Crippen molar-refractivity contribution in [2.24, 2.45) is 0 Å². The van der Waals surface area contributed by atoms with Crippen molar-refractivity contribution in [2.75, 3.05) is 20.6 Å². The lowest BCUT2D eigenvalue weighted by Gasteiger charge is -2.36. The molecular weight excluding hydrogens is 334 g/mol. The van der Waals surface area contributed by atoms with Crippen LogP contribution in [0.5, 0.6) is 0 Å². The van der Waals surface area contributed by atoms with Gasteiger partial charge in [0.2, 0.25) is 0 Å². The Labute approximate surface area is 160 Å². The fraction of sp³-hybridized carbons (Fsp3) is 0.348. The highest BCUT2D eigenvalue weighted by Crippen LogP contribution is 2.32. The molecule has 3 aromatic rings. The van der Waals surface area contributed by atoms with Gasteiger partial charge in [-0.15, -0.1) is 0 Å². The number of hydrogen-bond donors (Lipinski definition) is 1. The monoisotopic (exact) mass is 361 g/mol. The van der Waals surface area contributed by atoms with Crippen molar-refractivity contribution in [1.29, 1.82) is 0 Å². The number of likely N-dealkylation sites (tertiary alicyclic amines) is 1. The molecule has 140 valence electrons. The molecule has 0 spiro atoms. The van der Waals surface area contributed by atoms with Gasteiger partial charge >= 0.3 is 0 Å². The largest absolute Gasteiger partial charge is 0.351 e. The first-order chi connectivity index (χ1) is 13.1. The molecule has 1 atom stereocenters. The molecule has 1 aliphatic heterocycles. The first-order valence-corrected chi connectivity index (χ1v) is 9.74. The van der Waals surface area contributed by atoms with Gasteiger partial charge in [-0.25, -0.2) is 0 Å². The SMILES string of the molecule is CN(C)Cc1ccc(C2CCCCN2C(=O)c2cc3ccccc3[nH]2)cc1. The number of hydrogen-bond acceptors (Lipinski definition) is 2. The second-order valence-corrected chi connectivity index (χ2v) is 7.76. The molecule has 1 saturated heterocycles. The van der Waals surface area contributed by atoms with Gasteiger partial charge < -0.3 is 14.8 Å². The topological polar surface area (TPSA) is 39.3 Å². The molecule has 1 unspecified atom stereocenters. The molecule has 4 heteroatoms. The van der Waals surface area contributed by atoms with Gasteiger partial charge in [-0.1, -0.05) is 42.5 Å². The Kier molecular flexibility index (Phi) is 4.99. The van der Waals surface area contributed by atoms with Gasteiger partial charge in [0.25, 0.3) is 5.91 Å². The summed E-state index contributed by atoms with van der Waals surface area (Å²) < 4.78 is 0. The van der Waals surface area contributed by atoms with Crippen molar-refractivity contribution in [3.05, 3.63) is 71.4 Å². The van der Waals surface area contributed by atoms with Crippen molar-refractivity contribution in [1.82, 2.24) is 14.8 Å². The van der Waals surface area contributed by atoms with Crippen LogP contribution in [0.15, 0.2) is 54.6 Å². The van der Waals surface area contributed by atoms with E-state index in [1.807, 2.05) is 30.3 Å². The second kappa shape index (κ2) is 7.57. The van der Waals surface area contributed by atoms with Crippen LogP contribution in [0.2, 0.25) is 0 Å². The Hall–Kier alpha value is -2.59. The van der Waals surface area contributed by atoms with E-state index in [0.717, 1.165) is 36.8 Å². The summed E-state index contributed by atoms with van der Waals surface area (Å²) in [5.41, 5.74) is 4.24. The van der Waals surface area contributed by atoms with Crippen LogP contribution in [0.3, 0.4) is 0 Å². The average molecular weight is 361 g/mol. The molecule has 1 N–H and O–H groups in total. The van der Waals surface area contributed by atoms with E-state index in [4.69, 9.17) is 0 Å². The number of rotatable bonds is 4. The minimum Gasteiger partial charge on any atom is -0.351 e. The quantitative estimate of drug-likeness (QED) is 0.738. The smallest absolute Gasteiger partial charge is 0.270 e. The Morgan fingerprint density at radius 1 is 1.11 bits per heavy atom. The summed E-state index contributed by atoms with van der Waals surface area (Å²) in [7, 11) is 4.16. The maximum atomic E-state index is 13.3. The lowest BCUT2D eigenvalue weighted by atomic mass is 9.94. The van der Waals surface area contributed by atoms with E-state index in [9.17, 15) is 4.79 Å². The van der Waals surface area contributed by atoms with E-state index in [-0.39, 0.29) is 11.9 Å². The molecule has 1 fully saturated rings. The van der Waals surface area contributed by atoms with Gasteiger partial charge in [0.1, 0.15) is 5.69 Å². The summed E-state index contributed by atoms with van der Waals surface area (Å²) in [5.74, 6) is 0.105. The van der Waals surface area contributed by atoms with Crippen LogP contribution >= 0.6 is 0 Å². The van der Waals surface area contributed by atoms with Gasteiger partial charge in [-0.3, -0.25) is 4.79 Å². The highest BCUT2D eigenvalue weighted by molar-refractivity contribution is 5.98. The summed E-state index contributed by atoms with van der Waals surface area (Å²) in [6.45, 7) is 1.75. The minimum atomic E-state index is 0.105. The second-order valence-electron chi connectivity index (χ2n) is 7.76. The molecule has 27 heavy (non-hydrogen) atoms. The van der Waals surface area contributed by atoms with Crippen LogP contribution < -0.4 is 0 Å². The van der Waals surface area contributed by atoms with E-state index in [1.165, 1.54) is 17.5 Å². The molecule has 2 heterocycles. The summed E-state index contributed by atoms with van der Waals surface area (Å²) in [4.78, 5) is 20.8. The zero-order valence-electron chi connectivity index (χ0n) is 16.1. The fourth-order valence-electron chi connectivity index (χ4n) is 4.07. The fourth-order valence-corrected chi connectivity index (χ4v) is 4.07. The van der Waals surface area contributed by atoms with Crippen molar-refractivity contribution >= 4 is 16.8 Å². The number of para-hydroxylation sites is 1. The number of fused-ring (bicyclic) bond motifs is 1. The van der Waals surface area contributed by atoms with Gasteiger partial charge in [0.05, 0.1) is 6.04 Å². The molecule has 1 amide bonds.